The lowest BCUT2D eigenvalue weighted by Crippen LogP contribution is -2.62. The summed E-state index contributed by atoms with van der Waals surface area (Å²) in [5.41, 5.74) is 5.82. The molecule has 20 heavy (non-hydrogen) atoms. The summed E-state index contributed by atoms with van der Waals surface area (Å²) >= 11 is 0. The number of anilines is 1. The van der Waals surface area contributed by atoms with Gasteiger partial charge in [-0.1, -0.05) is 18.2 Å². The lowest BCUT2D eigenvalue weighted by Gasteiger charge is -2.36. The normalized spacial score (nSPS) is 21.6. The Morgan fingerprint density at radius 1 is 1.40 bits per heavy atom. The number of nitrogens with zero attached hydrogens (tertiary/aromatic N) is 2. The number of hydrogen-bond acceptors (Lipinski definition) is 5. The highest BCUT2D eigenvalue weighted by atomic mass is 19.4. The Morgan fingerprint density at radius 2 is 2.05 bits per heavy atom. The molecule has 0 spiro atoms. The van der Waals surface area contributed by atoms with E-state index in [1.165, 1.54) is 24.3 Å². The Labute approximate surface area is 111 Å². The third-order valence-corrected chi connectivity index (χ3v) is 2.69. The maximum absolute atomic E-state index is 12.6. The molecule has 0 radical (unpaired) electrons. The number of carbonyl (C=O) groups is 1. The zero-order chi connectivity index (χ0) is 14.8. The molecule has 1 aromatic rings. The highest BCUT2D eigenvalue weighted by Gasteiger charge is 2.50. The zero-order valence-electron chi connectivity index (χ0n) is 10.1. The predicted molar refractivity (Wildman–Crippen MR) is 64.5 cm³/mol. The Balaban J connectivity index is 2.46. The van der Waals surface area contributed by atoms with Crippen LogP contribution in [0.2, 0.25) is 0 Å². The molecule has 0 aliphatic carbocycles. The maximum Gasteiger partial charge on any atom is 0.544 e. The van der Waals surface area contributed by atoms with Gasteiger partial charge in [-0.2, -0.15) is 9.94 Å². The number of rotatable bonds is 4. The summed E-state index contributed by atoms with van der Waals surface area (Å²) in [5, 5.41) is 3.99. The lowest BCUT2D eigenvalue weighted by atomic mass is 10.0. The van der Waals surface area contributed by atoms with Crippen molar-refractivity contribution in [3.8, 4) is 0 Å². The van der Waals surface area contributed by atoms with E-state index in [4.69, 9.17) is 5.73 Å². The molecule has 1 aliphatic rings. The Kier molecular flexibility index (Phi) is 3.53. The second kappa shape index (κ2) is 5.00. The van der Waals surface area contributed by atoms with Crippen LogP contribution in [0.1, 0.15) is 0 Å². The van der Waals surface area contributed by atoms with Gasteiger partial charge in [0.2, 0.25) is 5.54 Å². The van der Waals surface area contributed by atoms with Crippen LogP contribution in [-0.4, -0.2) is 30.6 Å². The van der Waals surface area contributed by atoms with Crippen LogP contribution in [-0.2, 0) is 9.63 Å². The number of halogens is 3. The highest BCUT2D eigenvalue weighted by Crippen LogP contribution is 2.30. The quantitative estimate of drug-likeness (QED) is 0.802. The molecule has 0 fully saturated rings. The summed E-state index contributed by atoms with van der Waals surface area (Å²) in [6.45, 7) is -0.229. The van der Waals surface area contributed by atoms with E-state index in [1.54, 1.807) is 6.07 Å². The van der Waals surface area contributed by atoms with Gasteiger partial charge in [-0.25, -0.2) is 5.06 Å². The molecule has 6 nitrogen and oxygen atoms in total. The molecule has 0 bridgehead atoms. The highest BCUT2D eigenvalue weighted by molar-refractivity contribution is 6.06. The lowest BCUT2D eigenvalue weighted by molar-refractivity contribution is -0.333. The first-order chi connectivity index (χ1) is 9.35. The van der Waals surface area contributed by atoms with Gasteiger partial charge in [-0.05, 0) is 12.1 Å². The number of hydrazone groups is 1. The first-order valence-corrected chi connectivity index (χ1v) is 5.53. The molecule has 1 unspecified atom stereocenters. The average Bonchev–Trinajstić information content (AvgIpc) is 2.86. The van der Waals surface area contributed by atoms with E-state index in [-0.39, 0.29) is 12.2 Å². The van der Waals surface area contributed by atoms with Crippen molar-refractivity contribution < 1.29 is 22.8 Å². The number of benzene rings is 1. The standard InChI is InChI=1S/C11H11F3N4O2/c12-11(13,14)20-18(8-4-2-1-3-5-8)10(9(15)19)6-16-17-7-10/h1-6,17H,7H2,(H2,15,19). The first kappa shape index (κ1) is 14.1. The number of nitrogens with two attached hydrogens (primary N) is 1. The Hall–Kier alpha value is -2.29. The fourth-order valence-electron chi connectivity index (χ4n) is 1.77. The van der Waals surface area contributed by atoms with Gasteiger partial charge < -0.3 is 11.2 Å². The molecular weight excluding hydrogens is 277 g/mol. The van der Waals surface area contributed by atoms with Crippen LogP contribution in [0, 0.1) is 0 Å². The van der Waals surface area contributed by atoms with E-state index in [9.17, 15) is 18.0 Å². The average molecular weight is 288 g/mol. The zero-order valence-corrected chi connectivity index (χ0v) is 10.1. The summed E-state index contributed by atoms with van der Waals surface area (Å²) in [6.07, 6.45) is -3.98. The van der Waals surface area contributed by atoms with Gasteiger partial charge >= 0.3 is 6.36 Å². The van der Waals surface area contributed by atoms with Gasteiger partial charge in [0.05, 0.1) is 18.4 Å². The van der Waals surface area contributed by atoms with E-state index in [0.717, 1.165) is 6.21 Å². The third kappa shape index (κ3) is 2.67. The molecule has 3 N–H and O–H groups in total. The summed E-state index contributed by atoms with van der Waals surface area (Å²) in [5.74, 6) is -1.01. The van der Waals surface area contributed by atoms with Gasteiger partial charge in [0.25, 0.3) is 5.91 Å². The molecule has 1 heterocycles. The van der Waals surface area contributed by atoms with E-state index in [0.29, 0.717) is 5.06 Å². The fourth-order valence-corrected chi connectivity index (χ4v) is 1.77. The van der Waals surface area contributed by atoms with Gasteiger partial charge in [0, 0.05) is 0 Å². The number of amides is 1. The monoisotopic (exact) mass is 288 g/mol. The minimum atomic E-state index is -4.98. The summed E-state index contributed by atoms with van der Waals surface area (Å²) in [6, 6.07) is 7.37. The second-order valence-electron chi connectivity index (χ2n) is 4.05. The third-order valence-electron chi connectivity index (χ3n) is 2.69. The van der Waals surface area contributed by atoms with Crippen molar-refractivity contribution in [1.29, 1.82) is 0 Å². The van der Waals surface area contributed by atoms with E-state index < -0.39 is 17.8 Å². The van der Waals surface area contributed by atoms with Gasteiger partial charge in [0.1, 0.15) is 0 Å². The molecule has 9 heteroatoms. The topological polar surface area (TPSA) is 80.0 Å². The van der Waals surface area contributed by atoms with Crippen molar-refractivity contribution in [1.82, 2.24) is 5.43 Å². The van der Waals surface area contributed by atoms with Crippen LogP contribution >= 0.6 is 0 Å². The van der Waals surface area contributed by atoms with Crippen molar-refractivity contribution in [3.05, 3.63) is 30.3 Å². The SMILES string of the molecule is NC(=O)C1(N(OC(F)(F)F)c2ccccc2)C=NNC1. The molecule has 0 saturated heterocycles. The summed E-state index contributed by atoms with van der Waals surface area (Å²) in [4.78, 5) is 15.6. The molecule has 0 aromatic heterocycles. The van der Waals surface area contributed by atoms with E-state index in [2.05, 4.69) is 15.4 Å². The van der Waals surface area contributed by atoms with Gasteiger partial charge in [-0.3, -0.25) is 4.79 Å². The van der Waals surface area contributed by atoms with Crippen LogP contribution in [0.15, 0.2) is 35.4 Å². The molecule has 2 rings (SSSR count). The van der Waals surface area contributed by atoms with Crippen LogP contribution in [0.4, 0.5) is 18.9 Å². The maximum atomic E-state index is 12.6. The fraction of sp³-hybridized carbons (Fsp3) is 0.273. The summed E-state index contributed by atoms with van der Waals surface area (Å²) < 4.78 is 37.8. The first-order valence-electron chi connectivity index (χ1n) is 5.53. The van der Waals surface area contributed by atoms with Crippen LogP contribution in [0.3, 0.4) is 0 Å². The molecule has 1 aromatic carbocycles. The van der Waals surface area contributed by atoms with Gasteiger partial charge in [0.15, 0.2) is 0 Å². The van der Waals surface area contributed by atoms with E-state index in [1.807, 2.05) is 0 Å². The molecule has 1 aliphatic heterocycles. The smallest absolute Gasteiger partial charge is 0.367 e. The number of para-hydroxylation sites is 1. The molecular formula is C11H11F3N4O2. The number of primary amides is 1. The Morgan fingerprint density at radius 3 is 2.50 bits per heavy atom. The van der Waals surface area contributed by atoms with Gasteiger partial charge in [-0.15, -0.1) is 13.2 Å². The minimum Gasteiger partial charge on any atom is -0.367 e. The molecule has 108 valence electrons. The summed E-state index contributed by atoms with van der Waals surface area (Å²) in [7, 11) is 0. The van der Waals surface area contributed by atoms with Crippen molar-refractivity contribution >= 4 is 17.8 Å². The van der Waals surface area contributed by atoms with Crippen molar-refractivity contribution in [2.24, 2.45) is 10.8 Å². The number of hydrogen-bond donors (Lipinski definition) is 2. The van der Waals surface area contributed by atoms with Crippen LogP contribution < -0.4 is 16.2 Å². The van der Waals surface area contributed by atoms with Crippen LogP contribution in [0.25, 0.3) is 0 Å². The number of hydroxylamine groups is 1. The largest absolute Gasteiger partial charge is 0.544 e. The van der Waals surface area contributed by atoms with Crippen LogP contribution in [0.5, 0.6) is 0 Å². The number of nitrogens with one attached hydrogen (secondary N) is 1. The molecule has 0 saturated carbocycles. The number of carbonyl (C=O) groups excluding carboxylic acids is 1. The Bertz CT molecular complexity index is 520. The predicted octanol–water partition coefficient (Wildman–Crippen LogP) is 0.757. The molecule has 1 atom stereocenters. The second-order valence-corrected chi connectivity index (χ2v) is 4.05. The number of alkyl halides is 3. The van der Waals surface area contributed by atoms with E-state index >= 15 is 0 Å². The van der Waals surface area contributed by atoms with Crippen molar-refractivity contribution in [3.63, 3.8) is 0 Å². The molecule has 1 amide bonds. The minimum absolute atomic E-state index is 0.0266. The van der Waals surface area contributed by atoms with Crippen molar-refractivity contribution in [2.45, 2.75) is 11.9 Å². The van der Waals surface area contributed by atoms with Crippen molar-refractivity contribution in [2.75, 3.05) is 11.6 Å².